The number of amides is 1. The molecule has 0 N–H and O–H groups in total. The second kappa shape index (κ2) is 8.72. The lowest BCUT2D eigenvalue weighted by Crippen LogP contribution is -2.17. The van der Waals surface area contributed by atoms with E-state index in [1.807, 2.05) is 0 Å². The van der Waals surface area contributed by atoms with E-state index in [9.17, 15) is 13.2 Å². The number of thiazole rings is 1. The Hall–Kier alpha value is -2.11. The van der Waals surface area contributed by atoms with Crippen LogP contribution in [0.25, 0.3) is 10.2 Å². The van der Waals surface area contributed by atoms with Crippen molar-refractivity contribution in [2.45, 2.75) is 24.8 Å². The Kier molecular flexibility index (Phi) is 6.49. The zero-order valence-corrected chi connectivity index (χ0v) is 18.5. The van der Waals surface area contributed by atoms with E-state index in [2.05, 4.69) is 10.9 Å². The van der Waals surface area contributed by atoms with Crippen molar-refractivity contribution in [3.05, 3.63) is 56.8 Å². The molecule has 0 aliphatic rings. The first-order chi connectivity index (χ1) is 13.8. The van der Waals surface area contributed by atoms with Crippen LogP contribution in [-0.4, -0.2) is 24.6 Å². The minimum absolute atomic E-state index is 0.0207. The summed E-state index contributed by atoms with van der Waals surface area (Å²) in [7, 11) is -3.28. The van der Waals surface area contributed by atoms with Crippen LogP contribution in [0, 0.1) is 12.3 Å². The summed E-state index contributed by atoms with van der Waals surface area (Å²) in [5, 5.41) is 0.972. The van der Waals surface area contributed by atoms with E-state index in [-0.39, 0.29) is 29.5 Å². The Bertz CT molecular complexity index is 1300. The standard InChI is InChI=1S/C20H16Cl2N2O3S2/c1-3-11-24-18-15(21)9-10-16(22)19(18)28-20(24)23-17(25)12-13-5-7-14(8-6-13)29(26,27)4-2/h1,5-10H,4,11-12H2,2H3. The highest BCUT2D eigenvalue weighted by Gasteiger charge is 2.14. The Morgan fingerprint density at radius 3 is 2.45 bits per heavy atom. The van der Waals surface area contributed by atoms with Gasteiger partial charge >= 0.3 is 0 Å². The Morgan fingerprint density at radius 1 is 1.17 bits per heavy atom. The summed E-state index contributed by atoms with van der Waals surface area (Å²) in [6, 6.07) is 9.58. The number of terminal acetylenes is 1. The molecule has 0 bridgehead atoms. The molecular weight excluding hydrogens is 451 g/mol. The molecule has 2 aromatic carbocycles. The highest BCUT2D eigenvalue weighted by atomic mass is 35.5. The minimum atomic E-state index is -3.28. The topological polar surface area (TPSA) is 68.5 Å². The van der Waals surface area contributed by atoms with Crippen molar-refractivity contribution in [1.29, 1.82) is 0 Å². The van der Waals surface area contributed by atoms with Gasteiger partial charge in [-0.1, -0.05) is 59.5 Å². The number of carbonyl (C=O) groups is 1. The van der Waals surface area contributed by atoms with Crippen LogP contribution in [0.4, 0.5) is 0 Å². The van der Waals surface area contributed by atoms with E-state index in [0.29, 0.717) is 30.6 Å². The number of fused-ring (bicyclic) bond motifs is 1. The molecule has 9 heteroatoms. The van der Waals surface area contributed by atoms with Gasteiger partial charge in [-0.2, -0.15) is 4.99 Å². The van der Waals surface area contributed by atoms with Crippen LogP contribution in [0.5, 0.6) is 0 Å². The van der Waals surface area contributed by atoms with E-state index in [1.165, 1.54) is 23.5 Å². The average molecular weight is 467 g/mol. The first kappa shape index (κ1) is 21.6. The summed E-state index contributed by atoms with van der Waals surface area (Å²) in [5.41, 5.74) is 1.30. The van der Waals surface area contributed by atoms with Gasteiger partial charge in [0.25, 0.3) is 5.91 Å². The number of nitrogens with zero attached hydrogens (tertiary/aromatic N) is 2. The molecule has 5 nitrogen and oxygen atoms in total. The predicted molar refractivity (Wildman–Crippen MR) is 117 cm³/mol. The van der Waals surface area contributed by atoms with Crippen molar-refractivity contribution in [3.63, 3.8) is 0 Å². The van der Waals surface area contributed by atoms with Crippen molar-refractivity contribution >= 4 is 60.5 Å². The molecule has 0 unspecified atom stereocenters. The minimum Gasteiger partial charge on any atom is -0.303 e. The summed E-state index contributed by atoms with van der Waals surface area (Å²) >= 11 is 13.8. The number of rotatable bonds is 5. The molecule has 1 aromatic heterocycles. The average Bonchev–Trinajstić information content (AvgIpc) is 3.05. The van der Waals surface area contributed by atoms with E-state index in [1.54, 1.807) is 35.8 Å². The van der Waals surface area contributed by atoms with E-state index >= 15 is 0 Å². The molecule has 3 aromatic rings. The molecule has 1 amide bonds. The molecular formula is C20H16Cl2N2O3S2. The van der Waals surface area contributed by atoms with Crippen LogP contribution >= 0.6 is 34.5 Å². The summed E-state index contributed by atoms with van der Waals surface area (Å²) in [4.78, 5) is 17.3. The van der Waals surface area contributed by atoms with Crippen molar-refractivity contribution < 1.29 is 13.2 Å². The number of sulfone groups is 1. The third-order valence-electron chi connectivity index (χ3n) is 4.22. The van der Waals surface area contributed by atoms with Crippen molar-refractivity contribution in [2.75, 3.05) is 5.75 Å². The van der Waals surface area contributed by atoms with Gasteiger partial charge in [-0.25, -0.2) is 8.42 Å². The Balaban J connectivity index is 1.96. The molecule has 0 saturated carbocycles. The summed E-state index contributed by atoms with van der Waals surface area (Å²) < 4.78 is 26.2. The number of aromatic nitrogens is 1. The van der Waals surface area contributed by atoms with Crippen molar-refractivity contribution in [2.24, 2.45) is 4.99 Å². The van der Waals surface area contributed by atoms with Gasteiger partial charge in [-0.05, 0) is 29.8 Å². The molecule has 0 aliphatic carbocycles. The number of benzene rings is 2. The highest BCUT2D eigenvalue weighted by molar-refractivity contribution is 7.91. The van der Waals surface area contributed by atoms with Gasteiger partial charge in [-0.3, -0.25) is 4.79 Å². The molecule has 1 heterocycles. The van der Waals surface area contributed by atoms with Crippen LogP contribution in [0.15, 0.2) is 46.3 Å². The van der Waals surface area contributed by atoms with E-state index < -0.39 is 9.84 Å². The molecule has 0 spiro atoms. The third-order valence-corrected chi connectivity index (χ3v) is 7.81. The van der Waals surface area contributed by atoms with Crippen molar-refractivity contribution in [1.82, 2.24) is 4.57 Å². The van der Waals surface area contributed by atoms with E-state index in [0.717, 1.165) is 0 Å². The molecule has 0 atom stereocenters. The highest BCUT2D eigenvalue weighted by Crippen LogP contribution is 2.31. The molecule has 0 aliphatic heterocycles. The largest absolute Gasteiger partial charge is 0.303 e. The maximum atomic E-state index is 12.5. The number of halogens is 2. The Labute approximate surface area is 182 Å². The lowest BCUT2D eigenvalue weighted by atomic mass is 10.1. The van der Waals surface area contributed by atoms with Crippen LogP contribution < -0.4 is 4.80 Å². The molecule has 0 saturated heterocycles. The van der Waals surface area contributed by atoms with Gasteiger partial charge in [0.2, 0.25) is 0 Å². The maximum absolute atomic E-state index is 12.5. The Morgan fingerprint density at radius 2 is 1.83 bits per heavy atom. The summed E-state index contributed by atoms with van der Waals surface area (Å²) in [6.07, 6.45) is 5.49. The first-order valence-electron chi connectivity index (χ1n) is 8.57. The van der Waals surface area contributed by atoms with Crippen LogP contribution in [0.2, 0.25) is 10.0 Å². The maximum Gasteiger partial charge on any atom is 0.252 e. The lowest BCUT2D eigenvalue weighted by molar-refractivity contribution is -0.117. The first-order valence-corrected chi connectivity index (χ1v) is 11.8. The zero-order chi connectivity index (χ0) is 21.2. The molecule has 0 radical (unpaired) electrons. The van der Waals surface area contributed by atoms with Gasteiger partial charge in [0, 0.05) is 0 Å². The van der Waals surface area contributed by atoms with Gasteiger partial charge in [0.15, 0.2) is 14.6 Å². The monoisotopic (exact) mass is 466 g/mol. The van der Waals surface area contributed by atoms with Gasteiger partial charge < -0.3 is 4.57 Å². The summed E-state index contributed by atoms with van der Waals surface area (Å²) in [5.74, 6) is 2.17. The van der Waals surface area contributed by atoms with E-state index in [4.69, 9.17) is 29.6 Å². The van der Waals surface area contributed by atoms with Crippen LogP contribution in [0.3, 0.4) is 0 Å². The van der Waals surface area contributed by atoms with Gasteiger partial charge in [-0.15, -0.1) is 6.42 Å². The lowest BCUT2D eigenvalue weighted by Gasteiger charge is -2.03. The third kappa shape index (κ3) is 4.57. The SMILES string of the molecule is C#CCn1c(=NC(=O)Cc2ccc(S(=O)(=O)CC)cc2)sc2c(Cl)ccc(Cl)c21. The number of hydrogen-bond acceptors (Lipinski definition) is 4. The van der Waals surface area contributed by atoms with Crippen molar-refractivity contribution in [3.8, 4) is 12.3 Å². The fourth-order valence-electron chi connectivity index (χ4n) is 2.74. The van der Waals surface area contributed by atoms with Gasteiger partial charge in [0.1, 0.15) is 0 Å². The zero-order valence-electron chi connectivity index (χ0n) is 15.4. The van der Waals surface area contributed by atoms with Crippen LogP contribution in [0.1, 0.15) is 12.5 Å². The quantitative estimate of drug-likeness (QED) is 0.531. The second-order valence-corrected chi connectivity index (χ2v) is 10.2. The number of carbonyl (C=O) groups excluding carboxylic acids is 1. The fraction of sp³-hybridized carbons (Fsp3) is 0.200. The summed E-state index contributed by atoms with van der Waals surface area (Å²) in [6.45, 7) is 1.77. The molecule has 150 valence electrons. The van der Waals surface area contributed by atoms with Crippen LogP contribution in [-0.2, 0) is 27.6 Å². The number of hydrogen-bond donors (Lipinski definition) is 0. The predicted octanol–water partition coefficient (Wildman–Crippen LogP) is 4.11. The molecule has 29 heavy (non-hydrogen) atoms. The smallest absolute Gasteiger partial charge is 0.252 e. The fourth-order valence-corrected chi connectivity index (χ4v) is 5.28. The second-order valence-electron chi connectivity index (χ2n) is 6.11. The molecule has 3 rings (SSSR count). The molecule has 0 fully saturated rings. The van der Waals surface area contributed by atoms with Gasteiger partial charge in [0.05, 0.1) is 43.9 Å². The normalized spacial score (nSPS) is 12.3.